The third-order valence-electron chi connectivity index (χ3n) is 2.84. The van der Waals surface area contributed by atoms with Crippen LogP contribution in [0.15, 0.2) is 36.7 Å². The predicted octanol–water partition coefficient (Wildman–Crippen LogP) is 2.68. The minimum Gasteiger partial charge on any atom is -0.449 e. The van der Waals surface area contributed by atoms with E-state index in [2.05, 4.69) is 4.98 Å². The van der Waals surface area contributed by atoms with E-state index in [0.29, 0.717) is 6.07 Å². The first kappa shape index (κ1) is 16.5. The van der Waals surface area contributed by atoms with Crippen molar-refractivity contribution in [1.82, 2.24) is 4.98 Å². The molecule has 0 aliphatic heterocycles. The lowest BCUT2D eigenvalue weighted by Gasteiger charge is -2.14. The first-order valence-corrected chi connectivity index (χ1v) is 6.45. The van der Waals surface area contributed by atoms with Crippen molar-refractivity contribution >= 4 is 17.6 Å². The molecule has 0 fully saturated rings. The normalized spacial score (nSPS) is 11.7. The summed E-state index contributed by atoms with van der Waals surface area (Å²) in [6, 6.07) is 4.48. The molecule has 120 valence electrons. The standard InChI is InChI=1S/C15H11F3N2O3/c1-8(23-15(22)9-3-2-6-19-7-9)14(21)20-11-5-4-10(16)12(17)13(11)18/h2-8H,1H3,(H,20,21)/t8-/m1/s1. The number of carbonyl (C=O) groups excluding carboxylic acids is 2. The lowest BCUT2D eigenvalue weighted by Crippen LogP contribution is -2.30. The average molecular weight is 324 g/mol. The van der Waals surface area contributed by atoms with Gasteiger partial charge in [0.25, 0.3) is 5.91 Å². The zero-order valence-electron chi connectivity index (χ0n) is 11.8. The quantitative estimate of drug-likeness (QED) is 0.693. The Morgan fingerprint density at radius 3 is 2.57 bits per heavy atom. The molecular weight excluding hydrogens is 313 g/mol. The monoisotopic (exact) mass is 324 g/mol. The van der Waals surface area contributed by atoms with Crippen molar-refractivity contribution in [2.75, 3.05) is 5.32 Å². The molecule has 0 bridgehead atoms. The Hall–Kier alpha value is -2.90. The summed E-state index contributed by atoms with van der Waals surface area (Å²) in [4.78, 5) is 27.3. The summed E-state index contributed by atoms with van der Waals surface area (Å²) in [6.45, 7) is 1.25. The molecule has 1 amide bonds. The van der Waals surface area contributed by atoms with Gasteiger partial charge in [-0.05, 0) is 31.2 Å². The fourth-order valence-corrected chi connectivity index (χ4v) is 1.62. The van der Waals surface area contributed by atoms with Gasteiger partial charge in [0.2, 0.25) is 0 Å². The molecule has 0 saturated heterocycles. The second kappa shape index (κ2) is 6.91. The molecule has 1 N–H and O–H groups in total. The van der Waals surface area contributed by atoms with Crippen LogP contribution in [0.1, 0.15) is 17.3 Å². The molecule has 1 heterocycles. The fraction of sp³-hybridized carbons (Fsp3) is 0.133. The number of pyridine rings is 1. The van der Waals surface area contributed by atoms with E-state index in [9.17, 15) is 22.8 Å². The van der Waals surface area contributed by atoms with Gasteiger partial charge in [-0.2, -0.15) is 0 Å². The number of benzene rings is 1. The Kier molecular flexibility index (Phi) is 4.95. The van der Waals surface area contributed by atoms with Crippen LogP contribution in [-0.2, 0) is 9.53 Å². The van der Waals surface area contributed by atoms with Crippen molar-refractivity contribution in [1.29, 1.82) is 0 Å². The number of nitrogens with zero attached hydrogens (tertiary/aromatic N) is 1. The Balaban J connectivity index is 2.03. The number of halogens is 3. The Morgan fingerprint density at radius 2 is 1.91 bits per heavy atom. The first-order chi connectivity index (χ1) is 10.9. The second-order valence-electron chi connectivity index (χ2n) is 4.50. The topological polar surface area (TPSA) is 68.3 Å². The van der Waals surface area contributed by atoms with E-state index in [1.165, 1.54) is 31.5 Å². The van der Waals surface area contributed by atoms with E-state index >= 15 is 0 Å². The van der Waals surface area contributed by atoms with Gasteiger partial charge in [0.05, 0.1) is 11.3 Å². The molecule has 1 aromatic carbocycles. The lowest BCUT2D eigenvalue weighted by atomic mass is 10.2. The van der Waals surface area contributed by atoms with E-state index in [1.807, 2.05) is 5.32 Å². The number of rotatable bonds is 4. The summed E-state index contributed by atoms with van der Waals surface area (Å²) >= 11 is 0. The van der Waals surface area contributed by atoms with Gasteiger partial charge < -0.3 is 10.1 Å². The Bertz CT molecular complexity index is 738. The molecule has 0 saturated carbocycles. The molecule has 0 radical (unpaired) electrons. The molecule has 0 aliphatic carbocycles. The molecule has 2 rings (SSSR count). The summed E-state index contributed by atoms with van der Waals surface area (Å²) in [7, 11) is 0. The van der Waals surface area contributed by atoms with E-state index in [0.717, 1.165) is 6.07 Å². The summed E-state index contributed by atoms with van der Waals surface area (Å²) in [5, 5.41) is 2.02. The zero-order valence-corrected chi connectivity index (χ0v) is 11.8. The summed E-state index contributed by atoms with van der Waals surface area (Å²) in [5.41, 5.74) is -0.427. The van der Waals surface area contributed by atoms with Crippen LogP contribution in [0.25, 0.3) is 0 Å². The van der Waals surface area contributed by atoms with Crippen molar-refractivity contribution in [2.45, 2.75) is 13.0 Å². The van der Waals surface area contributed by atoms with Gasteiger partial charge >= 0.3 is 5.97 Å². The number of hydrogen-bond acceptors (Lipinski definition) is 4. The molecular formula is C15H11F3N2O3. The number of anilines is 1. The van der Waals surface area contributed by atoms with Gasteiger partial charge in [-0.1, -0.05) is 0 Å². The van der Waals surface area contributed by atoms with Crippen LogP contribution in [0.4, 0.5) is 18.9 Å². The van der Waals surface area contributed by atoms with Gasteiger partial charge in [-0.25, -0.2) is 18.0 Å². The molecule has 8 heteroatoms. The largest absolute Gasteiger partial charge is 0.449 e. The molecule has 0 aliphatic rings. The third-order valence-corrected chi connectivity index (χ3v) is 2.84. The molecule has 0 unspecified atom stereocenters. The SMILES string of the molecule is C[C@@H](OC(=O)c1cccnc1)C(=O)Nc1ccc(F)c(F)c1F. The van der Waals surface area contributed by atoms with Crippen LogP contribution < -0.4 is 5.32 Å². The maximum atomic E-state index is 13.5. The highest BCUT2D eigenvalue weighted by molar-refractivity contribution is 5.97. The van der Waals surface area contributed by atoms with Crippen LogP contribution in [0.3, 0.4) is 0 Å². The lowest BCUT2D eigenvalue weighted by molar-refractivity contribution is -0.123. The minimum atomic E-state index is -1.71. The highest BCUT2D eigenvalue weighted by Crippen LogP contribution is 2.20. The van der Waals surface area contributed by atoms with Crippen LogP contribution in [0.5, 0.6) is 0 Å². The number of esters is 1. The van der Waals surface area contributed by atoms with Crippen molar-refractivity contribution in [2.24, 2.45) is 0 Å². The third kappa shape index (κ3) is 3.85. The maximum absolute atomic E-state index is 13.5. The minimum absolute atomic E-state index is 0.131. The van der Waals surface area contributed by atoms with E-state index < -0.39 is 41.1 Å². The van der Waals surface area contributed by atoms with Crippen molar-refractivity contribution < 1.29 is 27.5 Å². The average Bonchev–Trinajstić information content (AvgIpc) is 2.56. The number of carbonyl (C=O) groups is 2. The molecule has 1 atom stereocenters. The predicted molar refractivity (Wildman–Crippen MR) is 74.1 cm³/mol. The van der Waals surface area contributed by atoms with Crippen molar-refractivity contribution in [3.8, 4) is 0 Å². The highest BCUT2D eigenvalue weighted by Gasteiger charge is 2.21. The Morgan fingerprint density at radius 1 is 1.17 bits per heavy atom. The van der Waals surface area contributed by atoms with E-state index in [1.54, 1.807) is 0 Å². The number of hydrogen-bond donors (Lipinski definition) is 1. The number of ether oxygens (including phenoxy) is 1. The van der Waals surface area contributed by atoms with Crippen LogP contribution in [0.2, 0.25) is 0 Å². The smallest absolute Gasteiger partial charge is 0.340 e. The van der Waals surface area contributed by atoms with Gasteiger partial charge in [-0.15, -0.1) is 0 Å². The van der Waals surface area contributed by atoms with Crippen LogP contribution >= 0.6 is 0 Å². The maximum Gasteiger partial charge on any atom is 0.340 e. The molecule has 1 aromatic heterocycles. The number of amides is 1. The fourth-order valence-electron chi connectivity index (χ4n) is 1.62. The second-order valence-corrected chi connectivity index (χ2v) is 4.50. The number of nitrogens with one attached hydrogen (secondary N) is 1. The van der Waals surface area contributed by atoms with Gasteiger partial charge in [0.1, 0.15) is 0 Å². The van der Waals surface area contributed by atoms with E-state index in [4.69, 9.17) is 4.74 Å². The summed E-state index contributed by atoms with van der Waals surface area (Å²) in [5.74, 6) is -6.32. The molecule has 5 nitrogen and oxygen atoms in total. The van der Waals surface area contributed by atoms with Crippen LogP contribution in [-0.4, -0.2) is 23.0 Å². The molecule has 2 aromatic rings. The zero-order chi connectivity index (χ0) is 17.0. The number of aromatic nitrogens is 1. The van der Waals surface area contributed by atoms with Crippen molar-refractivity contribution in [3.05, 3.63) is 59.7 Å². The molecule has 23 heavy (non-hydrogen) atoms. The first-order valence-electron chi connectivity index (χ1n) is 6.45. The van der Waals surface area contributed by atoms with Crippen molar-refractivity contribution in [3.63, 3.8) is 0 Å². The summed E-state index contributed by atoms with van der Waals surface area (Å²) in [6.07, 6.45) is 1.43. The van der Waals surface area contributed by atoms with Gasteiger partial charge in [-0.3, -0.25) is 9.78 Å². The van der Waals surface area contributed by atoms with E-state index in [-0.39, 0.29) is 5.56 Å². The van der Waals surface area contributed by atoms with Gasteiger partial charge in [0.15, 0.2) is 23.6 Å². The Labute approximate surface area is 129 Å². The van der Waals surface area contributed by atoms with Crippen LogP contribution in [0, 0.1) is 17.5 Å². The highest BCUT2D eigenvalue weighted by atomic mass is 19.2. The molecule has 0 spiro atoms. The van der Waals surface area contributed by atoms with Gasteiger partial charge in [0, 0.05) is 12.4 Å². The summed E-state index contributed by atoms with van der Waals surface area (Å²) < 4.78 is 44.2.